The first-order valence-corrected chi connectivity index (χ1v) is 4.98. The van der Waals surface area contributed by atoms with Gasteiger partial charge in [0.05, 0.1) is 0 Å². The standard InChI is InChI=1S/C11H22O/c1-8-9(2)11(3,4)6-10(8)7-12-5/h8-10H,6-7H2,1-5H3. The Morgan fingerprint density at radius 2 is 1.92 bits per heavy atom. The summed E-state index contributed by atoms with van der Waals surface area (Å²) in [6.45, 7) is 10.4. The van der Waals surface area contributed by atoms with Crippen LogP contribution in [0.3, 0.4) is 0 Å². The van der Waals surface area contributed by atoms with Gasteiger partial charge in [-0.25, -0.2) is 0 Å². The third kappa shape index (κ3) is 1.66. The highest BCUT2D eigenvalue weighted by molar-refractivity contribution is 4.91. The second-order valence-electron chi connectivity index (χ2n) is 5.06. The van der Waals surface area contributed by atoms with Gasteiger partial charge in [-0.15, -0.1) is 0 Å². The molecule has 0 aliphatic heterocycles. The number of rotatable bonds is 2. The van der Waals surface area contributed by atoms with Gasteiger partial charge in [0.1, 0.15) is 0 Å². The molecule has 72 valence electrons. The summed E-state index contributed by atoms with van der Waals surface area (Å²) in [5.74, 6) is 2.43. The van der Waals surface area contributed by atoms with Crippen LogP contribution in [0.2, 0.25) is 0 Å². The van der Waals surface area contributed by atoms with Gasteiger partial charge in [-0.2, -0.15) is 0 Å². The summed E-state index contributed by atoms with van der Waals surface area (Å²) in [6.07, 6.45) is 1.32. The first kappa shape index (κ1) is 10.0. The summed E-state index contributed by atoms with van der Waals surface area (Å²) >= 11 is 0. The van der Waals surface area contributed by atoms with E-state index in [1.54, 1.807) is 0 Å². The smallest absolute Gasteiger partial charge is 0.0493 e. The second kappa shape index (κ2) is 3.37. The molecule has 0 spiro atoms. The zero-order chi connectivity index (χ0) is 9.35. The lowest BCUT2D eigenvalue weighted by Crippen LogP contribution is -2.17. The SMILES string of the molecule is COCC1CC(C)(C)C(C)C1C. The van der Waals surface area contributed by atoms with Crippen LogP contribution in [0.15, 0.2) is 0 Å². The Bertz CT molecular complexity index is 151. The Morgan fingerprint density at radius 1 is 1.33 bits per heavy atom. The van der Waals surface area contributed by atoms with Crippen LogP contribution in [0.4, 0.5) is 0 Å². The van der Waals surface area contributed by atoms with Crippen LogP contribution >= 0.6 is 0 Å². The van der Waals surface area contributed by atoms with Crippen LogP contribution in [0, 0.1) is 23.2 Å². The Balaban J connectivity index is 2.61. The van der Waals surface area contributed by atoms with Crippen molar-refractivity contribution < 1.29 is 4.74 Å². The topological polar surface area (TPSA) is 9.23 Å². The molecule has 1 rings (SSSR count). The van der Waals surface area contributed by atoms with Gasteiger partial charge >= 0.3 is 0 Å². The summed E-state index contributed by atoms with van der Waals surface area (Å²) in [5.41, 5.74) is 0.516. The van der Waals surface area contributed by atoms with E-state index in [2.05, 4.69) is 27.7 Å². The molecule has 1 aliphatic carbocycles. The number of ether oxygens (including phenoxy) is 1. The molecule has 3 unspecified atom stereocenters. The molecule has 0 aromatic rings. The van der Waals surface area contributed by atoms with Crippen molar-refractivity contribution in [1.29, 1.82) is 0 Å². The first-order valence-electron chi connectivity index (χ1n) is 4.98. The average molecular weight is 170 g/mol. The third-order valence-corrected chi connectivity index (χ3v) is 3.93. The van der Waals surface area contributed by atoms with Crippen LogP contribution in [0.1, 0.15) is 34.1 Å². The monoisotopic (exact) mass is 170 g/mol. The van der Waals surface area contributed by atoms with Crippen LogP contribution in [0.25, 0.3) is 0 Å². The molecule has 0 aromatic heterocycles. The fraction of sp³-hybridized carbons (Fsp3) is 1.00. The van der Waals surface area contributed by atoms with Gasteiger partial charge in [0, 0.05) is 13.7 Å². The summed E-state index contributed by atoms with van der Waals surface area (Å²) in [5, 5.41) is 0. The van der Waals surface area contributed by atoms with E-state index in [-0.39, 0.29) is 0 Å². The first-order chi connectivity index (χ1) is 5.49. The van der Waals surface area contributed by atoms with E-state index < -0.39 is 0 Å². The predicted molar refractivity (Wildman–Crippen MR) is 52.1 cm³/mol. The van der Waals surface area contributed by atoms with Gasteiger partial charge in [-0.05, 0) is 29.6 Å². The van der Waals surface area contributed by atoms with Crippen LogP contribution in [-0.4, -0.2) is 13.7 Å². The molecular weight excluding hydrogens is 148 g/mol. The van der Waals surface area contributed by atoms with Crippen LogP contribution in [-0.2, 0) is 4.74 Å². The van der Waals surface area contributed by atoms with Gasteiger partial charge in [0.2, 0.25) is 0 Å². The van der Waals surface area contributed by atoms with Crippen molar-refractivity contribution in [2.75, 3.05) is 13.7 Å². The largest absolute Gasteiger partial charge is 0.384 e. The van der Waals surface area contributed by atoms with Crippen molar-refractivity contribution >= 4 is 0 Å². The van der Waals surface area contributed by atoms with Crippen molar-refractivity contribution in [2.45, 2.75) is 34.1 Å². The van der Waals surface area contributed by atoms with E-state index in [1.165, 1.54) is 6.42 Å². The summed E-state index contributed by atoms with van der Waals surface area (Å²) in [7, 11) is 1.81. The Morgan fingerprint density at radius 3 is 2.25 bits per heavy atom. The van der Waals surface area contributed by atoms with E-state index in [1.807, 2.05) is 7.11 Å². The maximum Gasteiger partial charge on any atom is 0.0493 e. The highest BCUT2D eigenvalue weighted by atomic mass is 16.5. The molecule has 0 N–H and O–H groups in total. The quantitative estimate of drug-likeness (QED) is 0.619. The lowest BCUT2D eigenvalue weighted by molar-refractivity contribution is 0.131. The highest BCUT2D eigenvalue weighted by Gasteiger charge is 2.42. The minimum atomic E-state index is 0.516. The summed E-state index contributed by atoms with van der Waals surface area (Å²) < 4.78 is 5.24. The highest BCUT2D eigenvalue weighted by Crippen LogP contribution is 2.49. The Labute approximate surface area is 76.5 Å². The minimum absolute atomic E-state index is 0.516. The molecule has 0 amide bonds. The summed E-state index contributed by atoms with van der Waals surface area (Å²) in [6, 6.07) is 0. The molecule has 0 saturated heterocycles. The molecule has 1 saturated carbocycles. The number of hydrogen-bond acceptors (Lipinski definition) is 1. The van der Waals surface area contributed by atoms with Crippen molar-refractivity contribution in [2.24, 2.45) is 23.2 Å². The van der Waals surface area contributed by atoms with Crippen molar-refractivity contribution in [1.82, 2.24) is 0 Å². The van der Waals surface area contributed by atoms with E-state index in [0.29, 0.717) is 5.41 Å². The second-order valence-corrected chi connectivity index (χ2v) is 5.06. The predicted octanol–water partition coefficient (Wildman–Crippen LogP) is 2.95. The molecule has 0 aromatic carbocycles. The zero-order valence-corrected chi connectivity index (χ0v) is 9.05. The summed E-state index contributed by atoms with van der Waals surface area (Å²) in [4.78, 5) is 0. The average Bonchev–Trinajstić information content (AvgIpc) is 2.16. The van der Waals surface area contributed by atoms with Crippen molar-refractivity contribution in [3.05, 3.63) is 0 Å². The number of methoxy groups -OCH3 is 1. The molecule has 1 fully saturated rings. The van der Waals surface area contributed by atoms with E-state index in [4.69, 9.17) is 4.74 Å². The van der Waals surface area contributed by atoms with Gasteiger partial charge in [-0.1, -0.05) is 27.7 Å². The molecule has 12 heavy (non-hydrogen) atoms. The van der Waals surface area contributed by atoms with Crippen molar-refractivity contribution in [3.63, 3.8) is 0 Å². The molecule has 1 heteroatoms. The molecule has 0 radical (unpaired) electrons. The molecular formula is C11H22O. The molecule has 1 nitrogen and oxygen atoms in total. The fourth-order valence-corrected chi connectivity index (χ4v) is 2.59. The Hall–Kier alpha value is -0.0400. The Kier molecular flexibility index (Phi) is 2.82. The zero-order valence-electron chi connectivity index (χ0n) is 9.05. The van der Waals surface area contributed by atoms with E-state index in [9.17, 15) is 0 Å². The minimum Gasteiger partial charge on any atom is -0.384 e. The van der Waals surface area contributed by atoms with Crippen LogP contribution in [0.5, 0.6) is 0 Å². The van der Waals surface area contributed by atoms with E-state index in [0.717, 1.165) is 24.4 Å². The molecule has 3 atom stereocenters. The van der Waals surface area contributed by atoms with Gasteiger partial charge < -0.3 is 4.74 Å². The van der Waals surface area contributed by atoms with Gasteiger partial charge in [0.25, 0.3) is 0 Å². The van der Waals surface area contributed by atoms with E-state index >= 15 is 0 Å². The van der Waals surface area contributed by atoms with Crippen LogP contribution < -0.4 is 0 Å². The number of hydrogen-bond donors (Lipinski definition) is 0. The fourth-order valence-electron chi connectivity index (χ4n) is 2.59. The lowest BCUT2D eigenvalue weighted by atomic mass is 9.81. The lowest BCUT2D eigenvalue weighted by Gasteiger charge is -2.25. The maximum absolute atomic E-state index is 5.24. The van der Waals surface area contributed by atoms with Gasteiger partial charge in [-0.3, -0.25) is 0 Å². The molecule has 0 bridgehead atoms. The molecule has 0 heterocycles. The maximum atomic E-state index is 5.24. The normalized spacial score (nSPS) is 40.2. The van der Waals surface area contributed by atoms with Crippen molar-refractivity contribution in [3.8, 4) is 0 Å². The third-order valence-electron chi connectivity index (χ3n) is 3.93. The molecule has 1 aliphatic rings. The van der Waals surface area contributed by atoms with Gasteiger partial charge in [0.15, 0.2) is 0 Å².